The van der Waals surface area contributed by atoms with Crippen LogP contribution in [0.25, 0.3) is 22.4 Å². The molecule has 0 saturated carbocycles. The minimum absolute atomic E-state index is 0.324. The number of aromatic amines is 1. The van der Waals surface area contributed by atoms with E-state index in [1.165, 1.54) is 21.3 Å². The van der Waals surface area contributed by atoms with Gasteiger partial charge in [0.2, 0.25) is 0 Å². The molecule has 0 aliphatic rings. The number of H-pyrrole nitrogens is 1. The summed E-state index contributed by atoms with van der Waals surface area (Å²) in [4.78, 5) is 20.8. The van der Waals surface area contributed by atoms with Crippen LogP contribution in [0.2, 0.25) is 0 Å². The molecule has 7 nitrogen and oxygen atoms in total. The molecule has 0 atom stereocenters. The van der Waals surface area contributed by atoms with Crippen LogP contribution in [0.4, 0.5) is 5.69 Å². The fraction of sp³-hybridized carbons (Fsp3) is 0.130. The first-order chi connectivity index (χ1) is 14.6. The fourth-order valence-electron chi connectivity index (χ4n) is 3.24. The maximum Gasteiger partial charge on any atom is 0.259 e. The molecular weight excluding hydrogens is 382 g/mol. The van der Waals surface area contributed by atoms with E-state index in [2.05, 4.69) is 15.3 Å². The number of hydrogen-bond acceptors (Lipinski definition) is 5. The maximum absolute atomic E-state index is 12.9. The van der Waals surface area contributed by atoms with Crippen molar-refractivity contribution in [1.29, 1.82) is 0 Å². The number of hydrogen-bond donors (Lipinski definition) is 2. The van der Waals surface area contributed by atoms with Gasteiger partial charge in [0, 0.05) is 23.4 Å². The van der Waals surface area contributed by atoms with Gasteiger partial charge in [-0.2, -0.15) is 0 Å². The Morgan fingerprint density at radius 2 is 1.60 bits per heavy atom. The molecule has 0 unspecified atom stereocenters. The fourth-order valence-corrected chi connectivity index (χ4v) is 3.24. The highest BCUT2D eigenvalue weighted by Crippen LogP contribution is 2.35. The summed E-state index contributed by atoms with van der Waals surface area (Å²) in [5, 5.41) is 2.91. The Balaban J connectivity index is 1.63. The minimum Gasteiger partial charge on any atom is -0.496 e. The number of para-hydroxylation sites is 2. The van der Waals surface area contributed by atoms with E-state index in [9.17, 15) is 4.79 Å². The van der Waals surface area contributed by atoms with Crippen LogP contribution in [0.1, 0.15) is 10.4 Å². The first kappa shape index (κ1) is 19.3. The van der Waals surface area contributed by atoms with Gasteiger partial charge in [0.05, 0.1) is 37.9 Å². The van der Waals surface area contributed by atoms with Crippen molar-refractivity contribution in [2.45, 2.75) is 0 Å². The zero-order chi connectivity index (χ0) is 21.1. The smallest absolute Gasteiger partial charge is 0.259 e. The molecule has 3 aromatic carbocycles. The quantitative estimate of drug-likeness (QED) is 0.495. The number of anilines is 1. The molecule has 7 heteroatoms. The lowest BCUT2D eigenvalue weighted by atomic mass is 10.1. The van der Waals surface area contributed by atoms with Crippen LogP contribution in [0.15, 0.2) is 60.7 Å². The second-order valence-corrected chi connectivity index (χ2v) is 6.54. The average Bonchev–Trinajstić information content (AvgIpc) is 3.22. The van der Waals surface area contributed by atoms with E-state index in [1.54, 1.807) is 12.1 Å². The Morgan fingerprint density at radius 3 is 2.33 bits per heavy atom. The molecule has 30 heavy (non-hydrogen) atoms. The van der Waals surface area contributed by atoms with Crippen molar-refractivity contribution in [2.24, 2.45) is 0 Å². The molecule has 0 fully saturated rings. The van der Waals surface area contributed by atoms with E-state index < -0.39 is 0 Å². The van der Waals surface area contributed by atoms with Crippen LogP contribution in [0.5, 0.6) is 17.2 Å². The number of nitrogens with one attached hydrogen (secondary N) is 2. The predicted octanol–water partition coefficient (Wildman–Crippen LogP) is 4.51. The molecule has 1 amide bonds. The van der Waals surface area contributed by atoms with E-state index in [0.717, 1.165) is 22.4 Å². The second-order valence-electron chi connectivity index (χ2n) is 6.54. The van der Waals surface area contributed by atoms with Gasteiger partial charge in [-0.25, -0.2) is 4.98 Å². The first-order valence-corrected chi connectivity index (χ1v) is 9.29. The van der Waals surface area contributed by atoms with Crippen LogP contribution < -0.4 is 19.5 Å². The van der Waals surface area contributed by atoms with Crippen molar-refractivity contribution in [3.05, 3.63) is 66.2 Å². The molecule has 0 aliphatic carbocycles. The van der Waals surface area contributed by atoms with Crippen LogP contribution in [0, 0.1) is 0 Å². The lowest BCUT2D eigenvalue weighted by Crippen LogP contribution is -2.13. The summed E-state index contributed by atoms with van der Waals surface area (Å²) in [6.07, 6.45) is 0. The van der Waals surface area contributed by atoms with E-state index >= 15 is 0 Å². The SMILES string of the molecule is COc1cc(OC)c(C(=O)Nc2cccc(-c3nc4ccccc4[nH]3)c2)cc1OC. The Labute approximate surface area is 173 Å². The molecule has 0 bridgehead atoms. The number of benzene rings is 3. The monoisotopic (exact) mass is 403 g/mol. The van der Waals surface area contributed by atoms with Crippen LogP contribution in [0.3, 0.4) is 0 Å². The number of methoxy groups -OCH3 is 3. The highest BCUT2D eigenvalue weighted by atomic mass is 16.5. The predicted molar refractivity (Wildman–Crippen MR) is 116 cm³/mol. The summed E-state index contributed by atoms with van der Waals surface area (Å²) < 4.78 is 15.9. The molecule has 2 N–H and O–H groups in total. The minimum atomic E-state index is -0.324. The standard InChI is InChI=1S/C23H21N3O4/c1-28-19-13-21(30-3)20(29-2)12-16(19)23(27)24-15-8-6-7-14(11-15)22-25-17-9-4-5-10-18(17)26-22/h4-13H,1-3H3,(H,24,27)(H,25,26). The largest absolute Gasteiger partial charge is 0.496 e. The Kier molecular flexibility index (Phi) is 5.26. The number of rotatable bonds is 6. The van der Waals surface area contributed by atoms with Gasteiger partial charge in [-0.05, 0) is 24.3 Å². The van der Waals surface area contributed by atoms with Crippen molar-refractivity contribution in [3.63, 3.8) is 0 Å². The summed E-state index contributed by atoms with van der Waals surface area (Å²) in [6, 6.07) is 18.5. The molecule has 4 aromatic rings. The molecule has 0 saturated heterocycles. The van der Waals surface area contributed by atoms with Crippen LogP contribution >= 0.6 is 0 Å². The number of carbonyl (C=O) groups excluding carboxylic acids is 1. The number of fused-ring (bicyclic) bond motifs is 1. The van der Waals surface area contributed by atoms with Gasteiger partial charge in [-0.3, -0.25) is 4.79 Å². The lowest BCUT2D eigenvalue weighted by molar-refractivity contribution is 0.102. The third-order valence-electron chi connectivity index (χ3n) is 4.73. The molecular formula is C23H21N3O4. The van der Waals surface area contributed by atoms with Crippen molar-refractivity contribution in [1.82, 2.24) is 9.97 Å². The average molecular weight is 403 g/mol. The third kappa shape index (κ3) is 3.65. The van der Waals surface area contributed by atoms with Crippen molar-refractivity contribution < 1.29 is 19.0 Å². The van der Waals surface area contributed by atoms with Crippen molar-refractivity contribution in [3.8, 4) is 28.6 Å². The van der Waals surface area contributed by atoms with Crippen molar-refractivity contribution in [2.75, 3.05) is 26.6 Å². The topological polar surface area (TPSA) is 85.5 Å². The van der Waals surface area contributed by atoms with E-state index in [-0.39, 0.29) is 5.91 Å². The molecule has 0 radical (unpaired) electrons. The number of imidazole rings is 1. The number of amides is 1. The molecule has 1 aromatic heterocycles. The van der Waals surface area contributed by atoms with Gasteiger partial charge in [-0.1, -0.05) is 24.3 Å². The van der Waals surface area contributed by atoms with Gasteiger partial charge in [-0.15, -0.1) is 0 Å². The Hall–Kier alpha value is -4.00. The zero-order valence-corrected chi connectivity index (χ0v) is 16.9. The molecule has 152 valence electrons. The summed E-state index contributed by atoms with van der Waals surface area (Å²) in [6.45, 7) is 0. The number of nitrogens with zero attached hydrogens (tertiary/aromatic N) is 1. The van der Waals surface area contributed by atoms with E-state index in [1.807, 2.05) is 48.5 Å². The Bertz CT molecular complexity index is 1180. The van der Waals surface area contributed by atoms with E-state index in [4.69, 9.17) is 14.2 Å². The van der Waals surface area contributed by atoms with Gasteiger partial charge < -0.3 is 24.5 Å². The van der Waals surface area contributed by atoms with Crippen LogP contribution in [-0.2, 0) is 0 Å². The summed E-state index contributed by atoms with van der Waals surface area (Å²) in [5.74, 6) is 1.72. The lowest BCUT2D eigenvalue weighted by Gasteiger charge is -2.14. The number of ether oxygens (including phenoxy) is 3. The first-order valence-electron chi connectivity index (χ1n) is 9.29. The Morgan fingerprint density at radius 1 is 0.867 bits per heavy atom. The zero-order valence-electron chi connectivity index (χ0n) is 16.9. The molecule has 4 rings (SSSR count). The molecule has 1 heterocycles. The van der Waals surface area contributed by atoms with Gasteiger partial charge in [0.1, 0.15) is 11.6 Å². The highest BCUT2D eigenvalue weighted by molar-refractivity contribution is 6.07. The summed E-state index contributed by atoms with van der Waals surface area (Å²) in [5.41, 5.74) is 3.68. The second kappa shape index (κ2) is 8.16. The highest BCUT2D eigenvalue weighted by Gasteiger charge is 2.18. The molecule has 0 aliphatic heterocycles. The number of carbonyl (C=O) groups is 1. The van der Waals surface area contributed by atoms with Gasteiger partial charge in [0.15, 0.2) is 11.5 Å². The van der Waals surface area contributed by atoms with Gasteiger partial charge >= 0.3 is 0 Å². The van der Waals surface area contributed by atoms with Crippen LogP contribution in [-0.4, -0.2) is 37.2 Å². The maximum atomic E-state index is 12.9. The summed E-state index contributed by atoms with van der Waals surface area (Å²) in [7, 11) is 4.55. The van der Waals surface area contributed by atoms with E-state index in [0.29, 0.717) is 28.5 Å². The molecule has 0 spiro atoms. The number of aromatic nitrogens is 2. The van der Waals surface area contributed by atoms with Gasteiger partial charge in [0.25, 0.3) is 5.91 Å². The summed E-state index contributed by atoms with van der Waals surface area (Å²) >= 11 is 0. The normalized spacial score (nSPS) is 10.6. The third-order valence-corrected chi connectivity index (χ3v) is 4.73. The van der Waals surface area contributed by atoms with Crippen molar-refractivity contribution >= 4 is 22.6 Å².